The van der Waals surface area contributed by atoms with Gasteiger partial charge in [0.2, 0.25) is 0 Å². The van der Waals surface area contributed by atoms with Crippen LogP contribution in [0.3, 0.4) is 0 Å². The Hall–Kier alpha value is -3.15. The van der Waals surface area contributed by atoms with Gasteiger partial charge in [0.05, 0.1) is 15.7 Å². The van der Waals surface area contributed by atoms with Gasteiger partial charge in [-0.3, -0.25) is 9.59 Å². The van der Waals surface area contributed by atoms with Crippen LogP contribution in [0.1, 0.15) is 25.9 Å². The second-order valence-electron chi connectivity index (χ2n) is 6.59. The van der Waals surface area contributed by atoms with Crippen LogP contribution in [-0.4, -0.2) is 33.6 Å². The van der Waals surface area contributed by atoms with Crippen molar-refractivity contribution in [2.75, 3.05) is 12.4 Å². The average Bonchev–Trinajstić information content (AvgIpc) is 3.37. The number of rotatable bonds is 4. The van der Waals surface area contributed by atoms with Crippen molar-refractivity contribution in [2.24, 2.45) is 0 Å². The van der Waals surface area contributed by atoms with Gasteiger partial charge in [-0.1, -0.05) is 29.3 Å². The number of hydrogen-bond donors (Lipinski definition) is 2. The number of alkyl halides is 3. The number of nitrogens with one attached hydrogen (secondary N) is 2. The van der Waals surface area contributed by atoms with Crippen LogP contribution in [0.15, 0.2) is 42.6 Å². The van der Waals surface area contributed by atoms with E-state index in [1.807, 2.05) is 0 Å². The van der Waals surface area contributed by atoms with Gasteiger partial charge < -0.3 is 10.6 Å². The maximum atomic E-state index is 13.4. The average molecular weight is 514 g/mol. The van der Waals surface area contributed by atoms with E-state index in [2.05, 4.69) is 20.7 Å². The minimum Gasteiger partial charge on any atom is -0.354 e. The summed E-state index contributed by atoms with van der Waals surface area (Å²) in [4.78, 5) is 29.7. The summed E-state index contributed by atoms with van der Waals surface area (Å²) in [6.45, 7) is 0. The zero-order chi connectivity index (χ0) is 23.9. The van der Waals surface area contributed by atoms with Gasteiger partial charge in [-0.05, 0) is 24.3 Å². The summed E-state index contributed by atoms with van der Waals surface area (Å²) in [5, 5.41) is 9.12. The molecule has 0 saturated heterocycles. The van der Waals surface area contributed by atoms with Crippen molar-refractivity contribution < 1.29 is 22.8 Å². The predicted molar refractivity (Wildman–Crippen MR) is 120 cm³/mol. The molecule has 33 heavy (non-hydrogen) atoms. The number of hydrogen-bond acceptors (Lipinski definition) is 5. The molecule has 2 N–H and O–H groups in total. The van der Waals surface area contributed by atoms with E-state index < -0.39 is 29.4 Å². The summed E-state index contributed by atoms with van der Waals surface area (Å²) >= 11 is 13.4. The number of benzene rings is 1. The van der Waals surface area contributed by atoms with Crippen LogP contribution in [0, 0.1) is 0 Å². The molecule has 3 aromatic heterocycles. The fourth-order valence-corrected chi connectivity index (χ4v) is 4.71. The quantitative estimate of drug-likeness (QED) is 0.381. The third kappa shape index (κ3) is 4.26. The minimum atomic E-state index is -4.83. The first-order valence-corrected chi connectivity index (χ1v) is 10.7. The molecule has 0 saturated carbocycles. The maximum absolute atomic E-state index is 13.4. The normalized spacial score (nSPS) is 11.6. The summed E-state index contributed by atoms with van der Waals surface area (Å²) in [6.07, 6.45) is -3.53. The molecule has 0 radical (unpaired) electrons. The minimum absolute atomic E-state index is 0.0153. The standard InChI is InChI=1S/C20H12Cl2F3N5O2S/c1-26-19(32)16-15(14-9(21)4-2-6-12(14)33-16)28-18(31)11-8-13(20(23,24)25)29-30(11)17-10(22)5-3-7-27-17/h2-8H,1H3,(H,26,32)(H,28,31). The molecule has 4 rings (SSSR count). The van der Waals surface area contributed by atoms with Gasteiger partial charge >= 0.3 is 6.18 Å². The van der Waals surface area contributed by atoms with E-state index >= 15 is 0 Å². The SMILES string of the molecule is CNC(=O)c1sc2cccc(Cl)c2c1NC(=O)c1cc(C(F)(F)F)nn1-c1ncccc1Cl. The number of pyridine rings is 1. The van der Waals surface area contributed by atoms with E-state index in [0.29, 0.717) is 20.8 Å². The van der Waals surface area contributed by atoms with Crippen LogP contribution in [0.2, 0.25) is 10.0 Å². The van der Waals surface area contributed by atoms with Crippen LogP contribution in [0.4, 0.5) is 18.9 Å². The summed E-state index contributed by atoms with van der Waals surface area (Å²) < 4.78 is 41.5. The van der Waals surface area contributed by atoms with Crippen molar-refractivity contribution in [1.29, 1.82) is 0 Å². The van der Waals surface area contributed by atoms with Crippen molar-refractivity contribution in [2.45, 2.75) is 6.18 Å². The van der Waals surface area contributed by atoms with Gasteiger partial charge in [-0.25, -0.2) is 9.67 Å². The molecular weight excluding hydrogens is 502 g/mol. The second kappa shape index (κ2) is 8.65. The fraction of sp³-hybridized carbons (Fsp3) is 0.100. The lowest BCUT2D eigenvalue weighted by atomic mass is 10.2. The lowest BCUT2D eigenvalue weighted by molar-refractivity contribution is -0.141. The summed E-state index contributed by atoms with van der Waals surface area (Å²) in [5.74, 6) is -1.64. The first-order valence-electron chi connectivity index (χ1n) is 9.14. The van der Waals surface area contributed by atoms with Crippen LogP contribution < -0.4 is 10.6 Å². The number of aromatic nitrogens is 3. The third-order valence-electron chi connectivity index (χ3n) is 4.51. The highest BCUT2D eigenvalue weighted by molar-refractivity contribution is 7.21. The van der Waals surface area contributed by atoms with Gasteiger partial charge in [0.15, 0.2) is 11.5 Å². The molecule has 7 nitrogen and oxygen atoms in total. The van der Waals surface area contributed by atoms with E-state index in [0.717, 1.165) is 11.3 Å². The lowest BCUT2D eigenvalue weighted by Gasteiger charge is -2.10. The smallest absolute Gasteiger partial charge is 0.354 e. The first kappa shape index (κ1) is 23.0. The van der Waals surface area contributed by atoms with Crippen LogP contribution in [0.25, 0.3) is 15.9 Å². The zero-order valence-electron chi connectivity index (χ0n) is 16.5. The van der Waals surface area contributed by atoms with Crippen LogP contribution >= 0.6 is 34.5 Å². The Labute approximate surface area is 198 Å². The Balaban J connectivity index is 1.87. The monoisotopic (exact) mass is 513 g/mol. The van der Waals surface area contributed by atoms with Crippen molar-refractivity contribution in [3.05, 3.63) is 68.9 Å². The molecule has 13 heteroatoms. The number of fused-ring (bicyclic) bond motifs is 1. The van der Waals surface area contributed by atoms with Crippen LogP contribution in [0.5, 0.6) is 0 Å². The molecule has 170 valence electrons. The molecule has 4 aromatic rings. The van der Waals surface area contributed by atoms with Crippen molar-refractivity contribution in [3.63, 3.8) is 0 Å². The Kier molecular flexibility index (Phi) is 6.04. The highest BCUT2D eigenvalue weighted by Crippen LogP contribution is 2.40. The number of anilines is 1. The topological polar surface area (TPSA) is 88.9 Å². The molecule has 0 bridgehead atoms. The van der Waals surface area contributed by atoms with Crippen molar-refractivity contribution >= 4 is 62.1 Å². The van der Waals surface area contributed by atoms with Crippen molar-refractivity contribution in [3.8, 4) is 5.82 Å². The number of amides is 2. The molecule has 0 atom stereocenters. The molecule has 0 unspecified atom stereocenters. The molecule has 0 aliphatic rings. The second-order valence-corrected chi connectivity index (χ2v) is 8.45. The zero-order valence-corrected chi connectivity index (χ0v) is 18.8. The molecule has 1 aromatic carbocycles. The Morgan fingerprint density at radius 2 is 1.82 bits per heavy atom. The Morgan fingerprint density at radius 3 is 2.48 bits per heavy atom. The van der Waals surface area contributed by atoms with E-state index in [-0.39, 0.29) is 26.4 Å². The van der Waals surface area contributed by atoms with Gasteiger partial charge in [0.25, 0.3) is 11.8 Å². The predicted octanol–water partition coefficient (Wildman–Crippen LogP) is 5.42. The van der Waals surface area contributed by atoms with E-state index in [1.54, 1.807) is 18.2 Å². The molecule has 2 amide bonds. The maximum Gasteiger partial charge on any atom is 0.435 e. The van der Waals surface area contributed by atoms with Crippen molar-refractivity contribution in [1.82, 2.24) is 20.1 Å². The molecule has 0 spiro atoms. The summed E-state index contributed by atoms with van der Waals surface area (Å²) in [5.41, 5.74) is -1.73. The lowest BCUT2D eigenvalue weighted by Crippen LogP contribution is -2.21. The largest absolute Gasteiger partial charge is 0.435 e. The number of nitrogens with zero attached hydrogens (tertiary/aromatic N) is 3. The Bertz CT molecular complexity index is 1400. The van der Waals surface area contributed by atoms with Crippen LogP contribution in [-0.2, 0) is 6.18 Å². The number of carbonyl (C=O) groups is 2. The van der Waals surface area contributed by atoms with E-state index in [4.69, 9.17) is 23.2 Å². The first-order chi connectivity index (χ1) is 15.6. The fourth-order valence-electron chi connectivity index (χ4n) is 3.05. The molecular formula is C20H12Cl2F3N5O2S. The molecule has 0 aliphatic carbocycles. The van der Waals surface area contributed by atoms with E-state index in [9.17, 15) is 22.8 Å². The van der Waals surface area contributed by atoms with Gasteiger partial charge in [-0.2, -0.15) is 18.3 Å². The molecule has 0 aliphatic heterocycles. The number of thiophene rings is 1. The van der Waals surface area contributed by atoms with Gasteiger partial charge in [0, 0.05) is 29.4 Å². The molecule has 0 fully saturated rings. The van der Waals surface area contributed by atoms with E-state index in [1.165, 1.54) is 25.4 Å². The number of halogens is 5. The highest BCUT2D eigenvalue weighted by atomic mass is 35.5. The Morgan fingerprint density at radius 1 is 1.09 bits per heavy atom. The summed E-state index contributed by atoms with van der Waals surface area (Å²) in [6, 6.07) is 8.41. The van der Waals surface area contributed by atoms with Gasteiger partial charge in [0.1, 0.15) is 10.6 Å². The summed E-state index contributed by atoms with van der Waals surface area (Å²) in [7, 11) is 1.41. The molecule has 3 heterocycles. The number of carbonyl (C=O) groups excluding carboxylic acids is 2. The van der Waals surface area contributed by atoms with Gasteiger partial charge in [-0.15, -0.1) is 11.3 Å². The highest BCUT2D eigenvalue weighted by Gasteiger charge is 2.37. The third-order valence-corrected chi connectivity index (χ3v) is 6.27.